The van der Waals surface area contributed by atoms with E-state index in [0.29, 0.717) is 11.5 Å². The second-order valence-corrected chi connectivity index (χ2v) is 8.32. The highest BCUT2D eigenvalue weighted by molar-refractivity contribution is 9.09. The zero-order valence-corrected chi connectivity index (χ0v) is 16.5. The molecule has 0 spiro atoms. The van der Waals surface area contributed by atoms with E-state index in [-0.39, 0.29) is 0 Å². The predicted molar refractivity (Wildman–Crippen MR) is 104 cm³/mol. The lowest BCUT2D eigenvalue weighted by Crippen LogP contribution is -2.13. The van der Waals surface area contributed by atoms with Crippen LogP contribution in [0.4, 0.5) is 13.2 Å². The average Bonchev–Trinajstić information content (AvgIpc) is 2.62. The van der Waals surface area contributed by atoms with Gasteiger partial charge in [-0.15, -0.1) is 0 Å². The van der Waals surface area contributed by atoms with Crippen LogP contribution < -0.4 is 0 Å². The fourth-order valence-electron chi connectivity index (χ4n) is 4.07. The van der Waals surface area contributed by atoms with Gasteiger partial charge in [0.1, 0.15) is 5.82 Å². The smallest absolute Gasteiger partial charge is 0.206 e. The average molecular weight is 425 g/mol. The largest absolute Gasteiger partial charge is 0.329 e. The van der Waals surface area contributed by atoms with Crippen LogP contribution in [0.5, 0.6) is 0 Å². The molecule has 0 bridgehead atoms. The van der Waals surface area contributed by atoms with Gasteiger partial charge in [0.25, 0.3) is 0 Å². The van der Waals surface area contributed by atoms with Crippen LogP contribution in [0.25, 0.3) is 11.1 Å². The second-order valence-electron chi connectivity index (χ2n) is 7.32. The molecule has 26 heavy (non-hydrogen) atoms. The van der Waals surface area contributed by atoms with E-state index in [2.05, 4.69) is 35.0 Å². The highest BCUT2D eigenvalue weighted by Crippen LogP contribution is 2.39. The highest BCUT2D eigenvalue weighted by Gasteiger charge is 2.30. The van der Waals surface area contributed by atoms with Gasteiger partial charge in [0.05, 0.1) is 5.56 Å². The Morgan fingerprint density at radius 2 is 1.58 bits per heavy atom. The molecule has 140 valence electrons. The van der Waals surface area contributed by atoms with Crippen LogP contribution in [-0.4, -0.2) is 0 Å². The molecule has 0 unspecified atom stereocenters. The molecule has 0 aliphatic heterocycles. The molecule has 0 saturated heterocycles. The summed E-state index contributed by atoms with van der Waals surface area (Å²) >= 11 is 2.21. The van der Waals surface area contributed by atoms with Gasteiger partial charge in [0.15, 0.2) is 0 Å². The monoisotopic (exact) mass is 424 g/mol. The van der Waals surface area contributed by atoms with Gasteiger partial charge in [-0.3, -0.25) is 0 Å². The van der Waals surface area contributed by atoms with Crippen molar-refractivity contribution in [2.24, 2.45) is 5.92 Å². The van der Waals surface area contributed by atoms with Crippen molar-refractivity contribution in [1.82, 2.24) is 0 Å². The summed E-state index contributed by atoms with van der Waals surface area (Å²) in [5.41, 5.74) is 2.15. The Balaban J connectivity index is 1.71. The molecular formula is C22H24BrF3. The van der Waals surface area contributed by atoms with Gasteiger partial charge in [-0.1, -0.05) is 50.1 Å². The quantitative estimate of drug-likeness (QED) is 0.426. The third-order valence-electron chi connectivity index (χ3n) is 5.53. The first kappa shape index (κ1) is 19.5. The maximum absolute atomic E-state index is 14.0. The molecule has 1 saturated carbocycles. The molecule has 2 aromatic carbocycles. The Bertz CT molecular complexity index is 726. The summed E-state index contributed by atoms with van der Waals surface area (Å²) in [7, 11) is 0. The first-order valence-corrected chi connectivity index (χ1v) is 10.1. The Kier molecular flexibility index (Phi) is 6.11. The molecule has 0 radical (unpaired) electrons. The molecule has 3 rings (SSSR count). The lowest BCUT2D eigenvalue weighted by molar-refractivity contribution is 0.110. The van der Waals surface area contributed by atoms with Gasteiger partial charge in [-0.25, -0.2) is 4.39 Å². The lowest BCUT2D eigenvalue weighted by Gasteiger charge is -2.28. The van der Waals surface area contributed by atoms with Gasteiger partial charge in [-0.2, -0.15) is 8.78 Å². The van der Waals surface area contributed by atoms with E-state index in [1.165, 1.54) is 50.2 Å². The third kappa shape index (κ3) is 4.51. The summed E-state index contributed by atoms with van der Waals surface area (Å²) in [6, 6.07) is 12.0. The Morgan fingerprint density at radius 3 is 2.12 bits per heavy atom. The van der Waals surface area contributed by atoms with Crippen molar-refractivity contribution in [2.45, 2.75) is 56.2 Å². The number of halogens is 4. The van der Waals surface area contributed by atoms with Gasteiger partial charge in [-0.05, 0) is 82.3 Å². The molecule has 2 aromatic rings. The van der Waals surface area contributed by atoms with E-state index in [4.69, 9.17) is 0 Å². The number of benzene rings is 2. The molecule has 4 heteroatoms. The van der Waals surface area contributed by atoms with Crippen LogP contribution in [0.2, 0.25) is 0 Å². The fraction of sp³-hybridized carbons (Fsp3) is 0.455. The molecule has 0 atom stereocenters. The molecule has 1 aliphatic carbocycles. The van der Waals surface area contributed by atoms with Crippen molar-refractivity contribution in [3.05, 3.63) is 59.4 Å². The molecule has 0 N–H and O–H groups in total. The summed E-state index contributed by atoms with van der Waals surface area (Å²) in [6.45, 7) is 2.25. The minimum Gasteiger partial charge on any atom is -0.206 e. The van der Waals surface area contributed by atoms with E-state index in [1.54, 1.807) is 6.07 Å². The summed E-state index contributed by atoms with van der Waals surface area (Å²) in [6.07, 6.45) is 7.66. The highest BCUT2D eigenvalue weighted by atomic mass is 79.9. The number of rotatable bonds is 5. The topological polar surface area (TPSA) is 0 Å². The van der Waals surface area contributed by atoms with Crippen molar-refractivity contribution in [3.8, 4) is 11.1 Å². The maximum atomic E-state index is 14.0. The normalized spacial score (nSPS) is 21.0. The van der Waals surface area contributed by atoms with Crippen molar-refractivity contribution < 1.29 is 13.2 Å². The van der Waals surface area contributed by atoms with Crippen molar-refractivity contribution in [3.63, 3.8) is 0 Å². The number of alkyl halides is 3. The molecule has 0 aromatic heterocycles. The van der Waals surface area contributed by atoms with Crippen LogP contribution in [0.15, 0.2) is 42.5 Å². The van der Waals surface area contributed by atoms with Crippen LogP contribution >= 0.6 is 15.9 Å². The van der Waals surface area contributed by atoms with Crippen molar-refractivity contribution in [2.75, 3.05) is 0 Å². The summed E-state index contributed by atoms with van der Waals surface area (Å²) < 4.78 is 40.5. The van der Waals surface area contributed by atoms with Gasteiger partial charge in [0, 0.05) is 0 Å². The Morgan fingerprint density at radius 1 is 0.962 bits per heavy atom. The van der Waals surface area contributed by atoms with Gasteiger partial charge in [0.2, 0.25) is 0 Å². The van der Waals surface area contributed by atoms with Crippen LogP contribution in [0.1, 0.15) is 62.5 Å². The summed E-state index contributed by atoms with van der Waals surface area (Å²) in [4.78, 5) is -3.35. The second kappa shape index (κ2) is 8.16. The molecule has 1 fully saturated rings. The van der Waals surface area contributed by atoms with E-state index < -0.39 is 16.2 Å². The predicted octanol–water partition coefficient (Wildman–Crippen LogP) is 8.01. The van der Waals surface area contributed by atoms with Crippen molar-refractivity contribution >= 4 is 15.9 Å². The first-order chi connectivity index (χ1) is 12.4. The zero-order chi connectivity index (χ0) is 18.7. The maximum Gasteiger partial charge on any atom is 0.329 e. The number of hydrogen-bond donors (Lipinski definition) is 0. The molecule has 0 heterocycles. The molecule has 1 aliphatic rings. The van der Waals surface area contributed by atoms with Crippen LogP contribution in [0, 0.1) is 11.7 Å². The van der Waals surface area contributed by atoms with Crippen LogP contribution in [-0.2, 0) is 4.83 Å². The Hall–Kier alpha value is -1.29. The number of hydrogen-bond acceptors (Lipinski definition) is 0. The third-order valence-corrected chi connectivity index (χ3v) is 5.96. The van der Waals surface area contributed by atoms with E-state index in [9.17, 15) is 13.2 Å². The standard InChI is InChI=1S/C22H24BrF3/c1-2-3-15-4-6-16(7-5-15)17-8-10-18(11-9-17)19-12-13-20(21(24)14-19)22(23,25)26/h8-16H,2-7H2,1H3. The van der Waals surface area contributed by atoms with Crippen LogP contribution in [0.3, 0.4) is 0 Å². The van der Waals surface area contributed by atoms with Gasteiger partial charge >= 0.3 is 4.83 Å². The molecular weight excluding hydrogens is 401 g/mol. The van der Waals surface area contributed by atoms with E-state index in [1.807, 2.05) is 12.1 Å². The summed E-state index contributed by atoms with van der Waals surface area (Å²) in [5, 5.41) is 0. The zero-order valence-electron chi connectivity index (χ0n) is 15.0. The lowest BCUT2D eigenvalue weighted by atomic mass is 9.77. The van der Waals surface area contributed by atoms with Gasteiger partial charge < -0.3 is 0 Å². The SMILES string of the molecule is CCCC1CCC(c2ccc(-c3ccc(C(F)(F)Br)c(F)c3)cc2)CC1. The first-order valence-electron chi connectivity index (χ1n) is 9.35. The Labute approximate surface area is 161 Å². The minimum absolute atomic E-state index is 0.600. The molecule has 0 amide bonds. The summed E-state index contributed by atoms with van der Waals surface area (Å²) in [5.74, 6) is 0.579. The molecule has 0 nitrogen and oxygen atoms in total. The van der Waals surface area contributed by atoms with Crippen molar-refractivity contribution in [1.29, 1.82) is 0 Å². The minimum atomic E-state index is -3.35. The van der Waals surface area contributed by atoms with E-state index >= 15 is 0 Å². The van der Waals surface area contributed by atoms with E-state index in [0.717, 1.165) is 17.5 Å². The fourth-order valence-corrected chi connectivity index (χ4v) is 4.39.